The van der Waals surface area contributed by atoms with Crippen LogP contribution in [0, 0.1) is 5.92 Å². The third kappa shape index (κ3) is 2.10. The normalized spacial score (nSPS) is 27.8. The molecule has 0 radical (unpaired) electrons. The average molecular weight is 219 g/mol. The first-order chi connectivity index (χ1) is 6.72. The van der Waals surface area contributed by atoms with Crippen LogP contribution in [-0.2, 0) is 14.3 Å². The number of hydrogen-bond acceptors (Lipinski definition) is 3. The van der Waals surface area contributed by atoms with E-state index < -0.39 is 0 Å². The summed E-state index contributed by atoms with van der Waals surface area (Å²) in [6.07, 6.45) is 5.47. The Balaban J connectivity index is 1.90. The molecular formula is C10H15ClO3. The van der Waals surface area contributed by atoms with Crippen molar-refractivity contribution >= 4 is 16.8 Å². The Hall–Kier alpha value is -0.120. The van der Waals surface area contributed by atoms with E-state index in [1.165, 1.54) is 6.42 Å². The highest BCUT2D eigenvalue weighted by Gasteiger charge is 2.39. The fourth-order valence-electron chi connectivity index (χ4n) is 2.10. The van der Waals surface area contributed by atoms with Crippen molar-refractivity contribution in [1.82, 2.24) is 0 Å². The van der Waals surface area contributed by atoms with E-state index in [1.807, 2.05) is 0 Å². The van der Waals surface area contributed by atoms with E-state index in [0.29, 0.717) is 13.2 Å². The zero-order valence-corrected chi connectivity index (χ0v) is 8.89. The highest BCUT2D eigenvalue weighted by Crippen LogP contribution is 2.36. The average Bonchev–Trinajstić information content (AvgIpc) is 2.19. The van der Waals surface area contributed by atoms with E-state index in [1.54, 1.807) is 0 Å². The molecule has 0 aromatic heterocycles. The molecule has 1 heterocycles. The van der Waals surface area contributed by atoms with Crippen molar-refractivity contribution in [2.75, 3.05) is 13.2 Å². The van der Waals surface area contributed by atoms with Gasteiger partial charge in [-0.05, 0) is 24.4 Å². The fourth-order valence-corrected chi connectivity index (χ4v) is 2.23. The smallest absolute Gasteiger partial charge is 0.229 e. The quantitative estimate of drug-likeness (QED) is 0.633. The number of ether oxygens (including phenoxy) is 2. The number of hydrogen-bond donors (Lipinski definition) is 0. The molecule has 1 aliphatic carbocycles. The minimum absolute atomic E-state index is 0.274. The number of carbonyl (C=O) groups excluding carboxylic acids is 1. The summed E-state index contributed by atoms with van der Waals surface area (Å²) >= 11 is 5.39. The molecule has 0 amide bonds. The largest absolute Gasteiger partial charge is 0.349 e. The summed E-state index contributed by atoms with van der Waals surface area (Å²) < 4.78 is 11.3. The topological polar surface area (TPSA) is 35.5 Å². The molecular weight excluding hydrogens is 204 g/mol. The molecule has 4 heteroatoms. The third-order valence-corrected chi connectivity index (χ3v) is 3.34. The monoisotopic (exact) mass is 218 g/mol. The molecule has 0 aromatic rings. The predicted octanol–water partition coefficient (Wildman–Crippen LogP) is 2.08. The molecule has 3 nitrogen and oxygen atoms in total. The fraction of sp³-hybridized carbons (Fsp3) is 0.900. The summed E-state index contributed by atoms with van der Waals surface area (Å²) in [5.74, 6) is -0.662. The number of rotatable bonds is 1. The second-order valence-electron chi connectivity index (χ2n) is 4.09. The van der Waals surface area contributed by atoms with Crippen molar-refractivity contribution in [3.8, 4) is 0 Å². The maximum atomic E-state index is 10.9. The van der Waals surface area contributed by atoms with Crippen LogP contribution in [0.2, 0.25) is 0 Å². The van der Waals surface area contributed by atoms with Gasteiger partial charge >= 0.3 is 0 Å². The Bertz CT molecular complexity index is 213. The highest BCUT2D eigenvalue weighted by molar-refractivity contribution is 6.64. The molecule has 1 saturated heterocycles. The van der Waals surface area contributed by atoms with Crippen LogP contribution in [0.4, 0.5) is 0 Å². The van der Waals surface area contributed by atoms with Crippen LogP contribution in [0.3, 0.4) is 0 Å². The Morgan fingerprint density at radius 1 is 1.14 bits per heavy atom. The van der Waals surface area contributed by atoms with Crippen molar-refractivity contribution in [3.05, 3.63) is 0 Å². The lowest BCUT2D eigenvalue weighted by atomic mass is 9.93. The van der Waals surface area contributed by atoms with Crippen molar-refractivity contribution in [2.45, 2.75) is 37.9 Å². The van der Waals surface area contributed by atoms with Crippen LogP contribution >= 0.6 is 11.6 Å². The summed E-state index contributed by atoms with van der Waals surface area (Å²) in [6, 6.07) is 0. The van der Waals surface area contributed by atoms with Gasteiger partial charge in [0.2, 0.25) is 5.24 Å². The molecule has 80 valence electrons. The molecule has 0 aromatic carbocycles. The number of halogens is 1. The van der Waals surface area contributed by atoms with Crippen molar-refractivity contribution in [3.63, 3.8) is 0 Å². The van der Waals surface area contributed by atoms with Gasteiger partial charge in [0.1, 0.15) is 0 Å². The lowest BCUT2D eigenvalue weighted by molar-refractivity contribution is -0.290. The molecule has 0 unspecified atom stereocenters. The van der Waals surface area contributed by atoms with Crippen LogP contribution in [0.15, 0.2) is 0 Å². The van der Waals surface area contributed by atoms with Crippen LogP contribution in [0.5, 0.6) is 0 Å². The van der Waals surface area contributed by atoms with Gasteiger partial charge in [-0.3, -0.25) is 4.79 Å². The van der Waals surface area contributed by atoms with E-state index in [9.17, 15) is 4.79 Å². The Morgan fingerprint density at radius 2 is 1.71 bits per heavy atom. The van der Waals surface area contributed by atoms with Gasteiger partial charge in [0, 0.05) is 12.8 Å². The second-order valence-corrected chi connectivity index (χ2v) is 4.47. The summed E-state index contributed by atoms with van der Waals surface area (Å²) in [5, 5.41) is -0.351. The Kier molecular flexibility index (Phi) is 3.10. The lowest BCUT2D eigenvalue weighted by Gasteiger charge is -2.41. The zero-order chi connectivity index (χ0) is 10.0. The summed E-state index contributed by atoms with van der Waals surface area (Å²) in [5.41, 5.74) is 0. The number of carbonyl (C=O) groups is 1. The third-order valence-electron chi connectivity index (χ3n) is 3.03. The first kappa shape index (κ1) is 10.4. The maximum Gasteiger partial charge on any atom is 0.229 e. The molecule has 1 spiro atoms. The van der Waals surface area contributed by atoms with Crippen LogP contribution in [0.1, 0.15) is 32.1 Å². The van der Waals surface area contributed by atoms with Gasteiger partial charge < -0.3 is 9.47 Å². The van der Waals surface area contributed by atoms with E-state index >= 15 is 0 Å². The molecule has 0 atom stereocenters. The second kappa shape index (κ2) is 4.17. The zero-order valence-electron chi connectivity index (χ0n) is 8.13. The summed E-state index contributed by atoms with van der Waals surface area (Å²) in [6.45, 7) is 0.838. The van der Waals surface area contributed by atoms with E-state index in [0.717, 1.165) is 25.7 Å². The van der Waals surface area contributed by atoms with Gasteiger partial charge in [-0.15, -0.1) is 0 Å². The highest BCUT2D eigenvalue weighted by atomic mass is 35.5. The molecule has 0 N–H and O–H groups in total. The van der Waals surface area contributed by atoms with Crippen LogP contribution in [-0.4, -0.2) is 24.2 Å². The Labute approximate surface area is 88.7 Å². The first-order valence-corrected chi connectivity index (χ1v) is 5.57. The predicted molar refractivity (Wildman–Crippen MR) is 52.1 cm³/mol. The molecule has 1 saturated carbocycles. The summed E-state index contributed by atoms with van der Waals surface area (Å²) in [7, 11) is 0. The van der Waals surface area contributed by atoms with E-state index in [4.69, 9.17) is 21.1 Å². The van der Waals surface area contributed by atoms with Crippen molar-refractivity contribution in [2.24, 2.45) is 5.92 Å². The van der Waals surface area contributed by atoms with Gasteiger partial charge in [-0.1, -0.05) is 6.42 Å². The molecule has 1 aliphatic heterocycles. The van der Waals surface area contributed by atoms with Crippen LogP contribution < -0.4 is 0 Å². The maximum absolute atomic E-state index is 10.9. The van der Waals surface area contributed by atoms with Crippen molar-refractivity contribution in [1.29, 1.82) is 0 Å². The molecule has 2 rings (SSSR count). The van der Waals surface area contributed by atoms with Gasteiger partial charge in [0.05, 0.1) is 19.1 Å². The molecule has 2 aliphatic rings. The van der Waals surface area contributed by atoms with Gasteiger partial charge in [-0.25, -0.2) is 0 Å². The minimum atomic E-state index is -0.388. The molecule has 0 bridgehead atoms. The van der Waals surface area contributed by atoms with Gasteiger partial charge in [0.25, 0.3) is 0 Å². The standard InChI is InChI=1S/C10H15ClO3/c11-9(12)8-6-13-10(14-7-8)4-2-1-3-5-10/h8H,1-7H2. The lowest BCUT2D eigenvalue weighted by Crippen LogP contribution is -2.46. The van der Waals surface area contributed by atoms with Gasteiger partial charge in [-0.2, -0.15) is 0 Å². The van der Waals surface area contributed by atoms with E-state index in [-0.39, 0.29) is 16.9 Å². The Morgan fingerprint density at radius 3 is 2.21 bits per heavy atom. The van der Waals surface area contributed by atoms with E-state index in [2.05, 4.69) is 0 Å². The first-order valence-electron chi connectivity index (χ1n) is 5.19. The molecule has 14 heavy (non-hydrogen) atoms. The van der Waals surface area contributed by atoms with Crippen molar-refractivity contribution < 1.29 is 14.3 Å². The van der Waals surface area contributed by atoms with Crippen LogP contribution in [0.25, 0.3) is 0 Å². The SMILES string of the molecule is O=C(Cl)C1COC2(CCCCC2)OC1. The van der Waals surface area contributed by atoms with Gasteiger partial charge in [0.15, 0.2) is 5.79 Å². The molecule has 2 fully saturated rings. The minimum Gasteiger partial charge on any atom is -0.349 e. The summed E-state index contributed by atoms with van der Waals surface area (Å²) in [4.78, 5) is 10.9.